The molecule has 5 nitrogen and oxygen atoms in total. The van der Waals surface area contributed by atoms with Gasteiger partial charge in [-0.25, -0.2) is 0 Å². The number of carbonyl (C=O) groups excluding carboxylic acids is 2. The van der Waals surface area contributed by atoms with Gasteiger partial charge in [0.25, 0.3) is 0 Å². The van der Waals surface area contributed by atoms with Crippen molar-refractivity contribution in [3.8, 4) is 0 Å². The maximum absolute atomic E-state index is 12.7. The number of nitrogens with one attached hydrogen (secondary N) is 1. The van der Waals surface area contributed by atoms with Crippen LogP contribution in [0.3, 0.4) is 0 Å². The van der Waals surface area contributed by atoms with E-state index in [1.165, 1.54) is 0 Å². The molecule has 0 aromatic rings. The zero-order valence-electron chi connectivity index (χ0n) is 12.8. The van der Waals surface area contributed by atoms with Crippen LogP contribution in [0.5, 0.6) is 0 Å². The predicted octanol–water partition coefficient (Wildman–Crippen LogP) is 1.32. The van der Waals surface area contributed by atoms with E-state index >= 15 is 0 Å². The van der Waals surface area contributed by atoms with Crippen molar-refractivity contribution < 1.29 is 14.3 Å². The van der Waals surface area contributed by atoms with Gasteiger partial charge in [-0.2, -0.15) is 0 Å². The standard InChI is InChI=1S/C15H26N2O3/c1-4-6-12-13(18)17(9-5-10-20-3)15(2,11-7-8-11)14(19)16-12/h11-12H,4-10H2,1-3H3,(H,16,19). The molecule has 20 heavy (non-hydrogen) atoms. The number of nitrogens with zero attached hydrogens (tertiary/aromatic N) is 1. The van der Waals surface area contributed by atoms with Gasteiger partial charge in [-0.1, -0.05) is 13.3 Å². The molecular formula is C15H26N2O3. The fourth-order valence-electron chi connectivity index (χ4n) is 3.15. The minimum atomic E-state index is -0.658. The summed E-state index contributed by atoms with van der Waals surface area (Å²) in [6.45, 7) is 5.17. The van der Waals surface area contributed by atoms with Crippen molar-refractivity contribution in [3.63, 3.8) is 0 Å². The van der Waals surface area contributed by atoms with Crippen LogP contribution < -0.4 is 5.32 Å². The van der Waals surface area contributed by atoms with Gasteiger partial charge in [-0.15, -0.1) is 0 Å². The molecule has 2 amide bonds. The van der Waals surface area contributed by atoms with Gasteiger partial charge in [0.05, 0.1) is 0 Å². The van der Waals surface area contributed by atoms with Gasteiger partial charge in [-0.3, -0.25) is 9.59 Å². The van der Waals surface area contributed by atoms with Crippen LogP contribution in [0.4, 0.5) is 0 Å². The number of carbonyl (C=O) groups is 2. The molecule has 0 aromatic carbocycles. The highest BCUT2D eigenvalue weighted by Gasteiger charge is 2.56. The summed E-state index contributed by atoms with van der Waals surface area (Å²) in [5.74, 6) is 0.420. The maximum atomic E-state index is 12.7. The highest BCUT2D eigenvalue weighted by Crippen LogP contribution is 2.45. The van der Waals surface area contributed by atoms with Crippen molar-refractivity contribution in [1.82, 2.24) is 10.2 Å². The Bertz CT molecular complexity index is 381. The van der Waals surface area contributed by atoms with Crippen LogP contribution in [0.1, 0.15) is 46.0 Å². The molecule has 5 heteroatoms. The van der Waals surface area contributed by atoms with Crippen LogP contribution in [0.25, 0.3) is 0 Å². The average molecular weight is 282 g/mol. The first-order valence-corrected chi connectivity index (χ1v) is 7.67. The molecule has 1 N–H and O–H groups in total. The molecule has 2 fully saturated rings. The SMILES string of the molecule is CCCC1NC(=O)C(C)(C2CC2)N(CCCOC)C1=O. The van der Waals surface area contributed by atoms with E-state index in [0.717, 1.165) is 25.7 Å². The second kappa shape index (κ2) is 6.12. The summed E-state index contributed by atoms with van der Waals surface area (Å²) < 4.78 is 5.08. The Morgan fingerprint density at radius 1 is 1.40 bits per heavy atom. The van der Waals surface area contributed by atoms with E-state index < -0.39 is 5.54 Å². The average Bonchev–Trinajstić information content (AvgIpc) is 3.25. The number of rotatable bonds is 7. The summed E-state index contributed by atoms with van der Waals surface area (Å²) in [7, 11) is 1.66. The third kappa shape index (κ3) is 2.68. The summed E-state index contributed by atoms with van der Waals surface area (Å²) in [4.78, 5) is 27.0. The Balaban J connectivity index is 2.17. The Hall–Kier alpha value is -1.10. The van der Waals surface area contributed by atoms with Crippen LogP contribution in [0, 0.1) is 5.92 Å². The van der Waals surface area contributed by atoms with Crippen molar-refractivity contribution in [2.45, 2.75) is 57.5 Å². The van der Waals surface area contributed by atoms with Crippen molar-refractivity contribution in [1.29, 1.82) is 0 Å². The second-order valence-electron chi connectivity index (χ2n) is 6.07. The number of methoxy groups -OCH3 is 1. The van der Waals surface area contributed by atoms with E-state index in [0.29, 0.717) is 25.5 Å². The van der Waals surface area contributed by atoms with Crippen molar-refractivity contribution in [2.75, 3.05) is 20.3 Å². The number of hydrogen-bond acceptors (Lipinski definition) is 3. The lowest BCUT2D eigenvalue weighted by molar-refractivity contribution is -0.158. The Labute approximate surface area is 121 Å². The topological polar surface area (TPSA) is 58.6 Å². The lowest BCUT2D eigenvalue weighted by Crippen LogP contribution is -2.70. The molecule has 1 aliphatic carbocycles. The van der Waals surface area contributed by atoms with Crippen LogP contribution >= 0.6 is 0 Å². The first-order chi connectivity index (χ1) is 9.55. The highest BCUT2D eigenvalue weighted by atomic mass is 16.5. The molecule has 1 aliphatic heterocycles. The van der Waals surface area contributed by atoms with Crippen molar-refractivity contribution in [3.05, 3.63) is 0 Å². The first-order valence-electron chi connectivity index (χ1n) is 7.67. The third-order valence-corrected chi connectivity index (χ3v) is 4.57. The summed E-state index contributed by atoms with van der Waals surface area (Å²) in [5, 5.41) is 2.94. The van der Waals surface area contributed by atoms with Gasteiger partial charge in [0.15, 0.2) is 0 Å². The van der Waals surface area contributed by atoms with Gasteiger partial charge in [0.1, 0.15) is 11.6 Å². The van der Waals surface area contributed by atoms with E-state index in [4.69, 9.17) is 4.74 Å². The molecule has 114 valence electrons. The maximum Gasteiger partial charge on any atom is 0.246 e. The molecular weight excluding hydrogens is 256 g/mol. The largest absolute Gasteiger partial charge is 0.385 e. The van der Waals surface area contributed by atoms with E-state index in [1.54, 1.807) is 7.11 Å². The number of amides is 2. The molecule has 2 atom stereocenters. The molecule has 0 spiro atoms. The van der Waals surface area contributed by atoms with Crippen LogP contribution in [0.15, 0.2) is 0 Å². The minimum absolute atomic E-state index is 0.0236. The van der Waals surface area contributed by atoms with Gasteiger partial charge < -0.3 is 15.0 Å². The van der Waals surface area contributed by atoms with Gasteiger partial charge in [0, 0.05) is 20.3 Å². The smallest absolute Gasteiger partial charge is 0.246 e. The number of hydrogen-bond donors (Lipinski definition) is 1. The summed E-state index contributed by atoms with van der Waals surface area (Å²) in [6.07, 6.45) is 4.46. The Morgan fingerprint density at radius 2 is 2.10 bits per heavy atom. The number of ether oxygens (including phenoxy) is 1. The summed E-state index contributed by atoms with van der Waals surface area (Å²) in [5.41, 5.74) is -0.658. The molecule has 1 saturated heterocycles. The number of piperazine rings is 1. The van der Waals surface area contributed by atoms with E-state index in [-0.39, 0.29) is 17.9 Å². The van der Waals surface area contributed by atoms with E-state index in [2.05, 4.69) is 5.32 Å². The van der Waals surface area contributed by atoms with Crippen LogP contribution in [-0.4, -0.2) is 48.6 Å². The van der Waals surface area contributed by atoms with Crippen molar-refractivity contribution >= 4 is 11.8 Å². The summed E-state index contributed by atoms with van der Waals surface area (Å²) in [6, 6.07) is -0.345. The first kappa shape index (κ1) is 15.3. The third-order valence-electron chi connectivity index (χ3n) is 4.57. The van der Waals surface area contributed by atoms with E-state index in [9.17, 15) is 9.59 Å². The van der Waals surface area contributed by atoms with Crippen LogP contribution in [-0.2, 0) is 14.3 Å². The van der Waals surface area contributed by atoms with Crippen LogP contribution in [0.2, 0.25) is 0 Å². The zero-order chi connectivity index (χ0) is 14.8. The second-order valence-corrected chi connectivity index (χ2v) is 6.07. The molecule has 2 rings (SSSR count). The van der Waals surface area contributed by atoms with Gasteiger partial charge in [-0.05, 0) is 38.5 Å². The van der Waals surface area contributed by atoms with Gasteiger partial charge in [0.2, 0.25) is 11.8 Å². The fraction of sp³-hybridized carbons (Fsp3) is 0.867. The molecule has 0 radical (unpaired) electrons. The molecule has 0 bridgehead atoms. The van der Waals surface area contributed by atoms with Gasteiger partial charge >= 0.3 is 0 Å². The molecule has 0 aromatic heterocycles. The molecule has 1 saturated carbocycles. The van der Waals surface area contributed by atoms with Crippen molar-refractivity contribution in [2.24, 2.45) is 5.92 Å². The Kier molecular flexibility index (Phi) is 4.68. The zero-order valence-corrected chi connectivity index (χ0v) is 12.8. The molecule has 2 unspecified atom stereocenters. The predicted molar refractivity (Wildman–Crippen MR) is 76.2 cm³/mol. The monoisotopic (exact) mass is 282 g/mol. The quantitative estimate of drug-likeness (QED) is 0.716. The minimum Gasteiger partial charge on any atom is -0.385 e. The van der Waals surface area contributed by atoms with E-state index in [1.807, 2.05) is 18.7 Å². The lowest BCUT2D eigenvalue weighted by atomic mass is 9.87. The fourth-order valence-corrected chi connectivity index (χ4v) is 3.15. The highest BCUT2D eigenvalue weighted by molar-refractivity contribution is 6.00. The Morgan fingerprint density at radius 3 is 2.65 bits per heavy atom. The molecule has 2 aliphatic rings. The lowest BCUT2D eigenvalue weighted by Gasteiger charge is -2.46. The molecule has 1 heterocycles. The summed E-state index contributed by atoms with van der Waals surface area (Å²) >= 11 is 0. The normalized spacial score (nSPS) is 30.6.